The molecule has 1 rings (SSSR count). The lowest BCUT2D eigenvalue weighted by Gasteiger charge is -1.97. The molecule has 0 spiro atoms. The van der Waals surface area contributed by atoms with Gasteiger partial charge in [-0.2, -0.15) is 0 Å². The molecule has 0 bridgehead atoms. The fourth-order valence-corrected chi connectivity index (χ4v) is 1.41. The number of aromatic nitrogens is 1. The predicted octanol–water partition coefficient (Wildman–Crippen LogP) is 2.70. The minimum atomic E-state index is -0.0741. The van der Waals surface area contributed by atoms with E-state index in [-0.39, 0.29) is 5.78 Å². The van der Waals surface area contributed by atoms with Crippen LogP contribution in [0.1, 0.15) is 17.3 Å². The Morgan fingerprint density at radius 1 is 1.73 bits per heavy atom. The molecule has 0 aliphatic rings. The summed E-state index contributed by atoms with van der Waals surface area (Å²) in [6.45, 7) is 1.46. The van der Waals surface area contributed by atoms with Gasteiger partial charge in [0.2, 0.25) is 0 Å². The van der Waals surface area contributed by atoms with Crippen molar-refractivity contribution in [2.75, 3.05) is 0 Å². The van der Waals surface area contributed by atoms with Gasteiger partial charge in [0, 0.05) is 6.20 Å². The van der Waals surface area contributed by atoms with Crippen molar-refractivity contribution in [1.82, 2.24) is 4.98 Å². The first-order valence-electron chi connectivity index (χ1n) is 2.93. The zero-order valence-electron chi connectivity index (χ0n) is 5.77. The first-order chi connectivity index (χ1) is 5.11. The van der Waals surface area contributed by atoms with Gasteiger partial charge in [0.05, 0.1) is 10.6 Å². The van der Waals surface area contributed by atoms with Crippen molar-refractivity contribution in [3.63, 3.8) is 0 Å². The summed E-state index contributed by atoms with van der Waals surface area (Å²) in [5.41, 5.74) is 0.454. The second-order valence-corrected chi connectivity index (χ2v) is 3.26. The molecule has 0 radical (unpaired) electrons. The Kier molecular flexibility index (Phi) is 2.62. The normalized spacial score (nSPS) is 9.73. The van der Waals surface area contributed by atoms with E-state index in [2.05, 4.69) is 20.9 Å². The van der Waals surface area contributed by atoms with Gasteiger partial charge in [0.25, 0.3) is 0 Å². The van der Waals surface area contributed by atoms with Crippen LogP contribution in [0.2, 0.25) is 5.02 Å². The van der Waals surface area contributed by atoms with E-state index in [1.807, 2.05) is 0 Å². The van der Waals surface area contributed by atoms with Crippen molar-refractivity contribution in [2.24, 2.45) is 0 Å². The third-order valence-electron chi connectivity index (χ3n) is 1.20. The summed E-state index contributed by atoms with van der Waals surface area (Å²) in [5, 5.41) is 0.430. The molecule has 0 saturated heterocycles. The molecule has 0 fully saturated rings. The summed E-state index contributed by atoms with van der Waals surface area (Å²) in [4.78, 5) is 14.7. The van der Waals surface area contributed by atoms with E-state index in [0.717, 1.165) is 0 Å². The monoisotopic (exact) mass is 233 g/mol. The van der Waals surface area contributed by atoms with Gasteiger partial charge in [-0.3, -0.25) is 4.79 Å². The van der Waals surface area contributed by atoms with Gasteiger partial charge in [-0.25, -0.2) is 4.98 Å². The number of ketones is 1. The first-order valence-corrected chi connectivity index (χ1v) is 4.10. The van der Waals surface area contributed by atoms with Gasteiger partial charge in [0.1, 0.15) is 4.60 Å². The molecular weight excluding hydrogens is 229 g/mol. The average Bonchev–Trinajstić information content (AvgIpc) is 1.85. The van der Waals surface area contributed by atoms with Crippen molar-refractivity contribution < 1.29 is 4.79 Å². The third kappa shape index (κ3) is 2.01. The molecule has 0 saturated carbocycles. The highest BCUT2D eigenvalue weighted by Crippen LogP contribution is 2.18. The van der Waals surface area contributed by atoms with Gasteiger partial charge in [0.15, 0.2) is 5.78 Å². The summed E-state index contributed by atoms with van der Waals surface area (Å²) in [6.07, 6.45) is 1.45. The maximum absolute atomic E-state index is 10.8. The molecule has 0 aliphatic carbocycles. The Morgan fingerprint density at radius 2 is 2.36 bits per heavy atom. The number of carbonyl (C=O) groups excluding carboxylic acids is 1. The fraction of sp³-hybridized carbons (Fsp3) is 0.143. The van der Waals surface area contributed by atoms with Gasteiger partial charge in [-0.1, -0.05) is 11.6 Å². The van der Waals surface area contributed by atoms with Crippen LogP contribution in [0.3, 0.4) is 0 Å². The minimum absolute atomic E-state index is 0.0741. The van der Waals surface area contributed by atoms with E-state index < -0.39 is 0 Å². The van der Waals surface area contributed by atoms with Crippen molar-refractivity contribution >= 4 is 33.3 Å². The zero-order chi connectivity index (χ0) is 8.43. The Morgan fingerprint density at radius 3 is 2.82 bits per heavy atom. The summed E-state index contributed by atoms with van der Waals surface area (Å²) in [6, 6.07) is 1.60. The number of hydrogen-bond donors (Lipinski definition) is 0. The molecule has 0 aliphatic heterocycles. The van der Waals surface area contributed by atoms with Crippen LogP contribution in [0.15, 0.2) is 16.9 Å². The van der Waals surface area contributed by atoms with Gasteiger partial charge in [-0.15, -0.1) is 0 Å². The molecule has 0 aromatic carbocycles. The lowest BCUT2D eigenvalue weighted by atomic mass is 10.2. The lowest BCUT2D eigenvalue weighted by Crippen LogP contribution is -1.94. The van der Waals surface area contributed by atoms with E-state index in [9.17, 15) is 4.79 Å². The van der Waals surface area contributed by atoms with E-state index >= 15 is 0 Å². The molecule has 0 amide bonds. The lowest BCUT2D eigenvalue weighted by molar-refractivity contribution is 0.101. The summed E-state index contributed by atoms with van der Waals surface area (Å²) in [7, 11) is 0. The third-order valence-corrected chi connectivity index (χ3v) is 1.95. The van der Waals surface area contributed by atoms with Crippen LogP contribution >= 0.6 is 27.5 Å². The van der Waals surface area contributed by atoms with Crippen LogP contribution in [0.5, 0.6) is 0 Å². The number of nitrogens with zero attached hydrogens (tertiary/aromatic N) is 1. The number of Topliss-reactive ketones (excluding diaryl/α,β-unsaturated/α-hetero) is 1. The molecule has 2 nitrogen and oxygen atoms in total. The molecule has 1 heterocycles. The number of halogens is 2. The van der Waals surface area contributed by atoms with Crippen molar-refractivity contribution in [2.45, 2.75) is 6.92 Å². The van der Waals surface area contributed by atoms with Gasteiger partial charge >= 0.3 is 0 Å². The van der Waals surface area contributed by atoms with E-state index in [1.54, 1.807) is 6.07 Å². The Balaban J connectivity index is 3.20. The Bertz CT molecular complexity index is 300. The van der Waals surface area contributed by atoms with Crippen molar-refractivity contribution in [3.05, 3.63) is 27.5 Å². The second-order valence-electron chi connectivity index (χ2n) is 2.04. The standard InChI is InChI=1S/C7H5BrClNO/c1-4(11)5-3-10-7(8)2-6(5)9/h2-3H,1H3. The highest BCUT2D eigenvalue weighted by molar-refractivity contribution is 9.10. The van der Waals surface area contributed by atoms with Gasteiger partial charge < -0.3 is 0 Å². The quantitative estimate of drug-likeness (QED) is 0.552. The highest BCUT2D eigenvalue weighted by Gasteiger charge is 2.05. The molecular formula is C7H5BrClNO. The summed E-state index contributed by atoms with van der Waals surface area (Å²) < 4.78 is 0.632. The van der Waals surface area contributed by atoms with E-state index in [4.69, 9.17) is 11.6 Å². The summed E-state index contributed by atoms with van der Waals surface area (Å²) in [5.74, 6) is -0.0741. The smallest absolute Gasteiger partial charge is 0.162 e. The summed E-state index contributed by atoms with van der Waals surface area (Å²) >= 11 is 8.87. The molecule has 1 aromatic rings. The number of pyridine rings is 1. The molecule has 0 unspecified atom stereocenters. The van der Waals surface area contributed by atoms with Gasteiger partial charge in [-0.05, 0) is 28.9 Å². The maximum Gasteiger partial charge on any atom is 0.162 e. The van der Waals surface area contributed by atoms with Crippen molar-refractivity contribution in [3.8, 4) is 0 Å². The second kappa shape index (κ2) is 3.32. The molecule has 0 atom stereocenters. The van der Waals surface area contributed by atoms with Crippen LogP contribution in [0.4, 0.5) is 0 Å². The molecule has 11 heavy (non-hydrogen) atoms. The zero-order valence-corrected chi connectivity index (χ0v) is 8.11. The molecule has 0 N–H and O–H groups in total. The highest BCUT2D eigenvalue weighted by atomic mass is 79.9. The molecule has 1 aromatic heterocycles. The van der Waals surface area contributed by atoms with Crippen LogP contribution in [0.25, 0.3) is 0 Å². The Hall–Kier alpha value is -0.410. The number of rotatable bonds is 1. The van der Waals surface area contributed by atoms with Crippen LogP contribution in [-0.2, 0) is 0 Å². The number of carbonyl (C=O) groups is 1. The molecule has 58 valence electrons. The molecule has 4 heteroatoms. The average molecular weight is 234 g/mol. The van der Waals surface area contributed by atoms with Crippen LogP contribution in [-0.4, -0.2) is 10.8 Å². The van der Waals surface area contributed by atoms with Crippen molar-refractivity contribution in [1.29, 1.82) is 0 Å². The predicted molar refractivity (Wildman–Crippen MR) is 47.0 cm³/mol. The SMILES string of the molecule is CC(=O)c1cnc(Br)cc1Cl. The fourth-order valence-electron chi connectivity index (χ4n) is 0.667. The minimum Gasteiger partial charge on any atom is -0.294 e. The van der Waals surface area contributed by atoms with Crippen LogP contribution in [0, 0.1) is 0 Å². The largest absolute Gasteiger partial charge is 0.294 e. The van der Waals surface area contributed by atoms with E-state index in [1.165, 1.54) is 13.1 Å². The number of hydrogen-bond acceptors (Lipinski definition) is 2. The topological polar surface area (TPSA) is 30.0 Å². The Labute approximate surface area is 77.7 Å². The van der Waals surface area contributed by atoms with E-state index in [0.29, 0.717) is 15.2 Å². The first kappa shape index (κ1) is 8.68. The maximum atomic E-state index is 10.8. The van der Waals surface area contributed by atoms with Crippen LogP contribution < -0.4 is 0 Å².